The van der Waals surface area contributed by atoms with E-state index in [0.717, 1.165) is 11.4 Å². The van der Waals surface area contributed by atoms with E-state index in [1.54, 1.807) is 6.07 Å². The first-order valence-corrected chi connectivity index (χ1v) is 6.04. The molecule has 2 aromatic rings. The van der Waals surface area contributed by atoms with E-state index >= 15 is 0 Å². The van der Waals surface area contributed by atoms with Crippen LogP contribution in [-0.4, -0.2) is 16.6 Å². The van der Waals surface area contributed by atoms with E-state index in [4.69, 9.17) is 4.74 Å². The number of carbonyl (C=O) groups is 1. The first kappa shape index (κ1) is 12.4. The van der Waals surface area contributed by atoms with Gasteiger partial charge in [0.1, 0.15) is 5.69 Å². The average Bonchev–Trinajstić information content (AvgIpc) is 2.71. The summed E-state index contributed by atoms with van der Waals surface area (Å²) in [6.07, 6.45) is -0.114. The first-order valence-electron chi connectivity index (χ1n) is 6.04. The Morgan fingerprint density at radius 3 is 2.39 bits per heavy atom. The zero-order valence-electron chi connectivity index (χ0n) is 10.9. The van der Waals surface area contributed by atoms with E-state index in [1.807, 2.05) is 61.7 Å². The number of para-hydroxylation sites is 1. The molecule has 0 aliphatic heterocycles. The van der Waals surface area contributed by atoms with E-state index in [2.05, 4.69) is 0 Å². The van der Waals surface area contributed by atoms with Gasteiger partial charge >= 0.3 is 5.97 Å². The smallest absolute Gasteiger partial charge is 0.355 e. The van der Waals surface area contributed by atoms with Gasteiger partial charge in [0.15, 0.2) is 0 Å². The number of esters is 1. The van der Waals surface area contributed by atoms with Gasteiger partial charge in [-0.05, 0) is 45.0 Å². The van der Waals surface area contributed by atoms with Crippen LogP contribution in [0.5, 0.6) is 0 Å². The number of aryl methyl sites for hydroxylation is 1. The molecule has 0 aliphatic carbocycles. The minimum absolute atomic E-state index is 0.114. The molecular weight excluding hydrogens is 226 g/mol. The van der Waals surface area contributed by atoms with Crippen LogP contribution in [0.3, 0.4) is 0 Å². The minimum atomic E-state index is -0.290. The fourth-order valence-corrected chi connectivity index (χ4v) is 1.89. The fourth-order valence-electron chi connectivity index (χ4n) is 1.89. The van der Waals surface area contributed by atoms with Crippen molar-refractivity contribution in [3.63, 3.8) is 0 Å². The van der Waals surface area contributed by atoms with Gasteiger partial charge in [-0.3, -0.25) is 0 Å². The Morgan fingerprint density at radius 2 is 1.78 bits per heavy atom. The van der Waals surface area contributed by atoms with Crippen molar-refractivity contribution in [3.8, 4) is 5.69 Å². The highest BCUT2D eigenvalue weighted by atomic mass is 16.5. The second kappa shape index (κ2) is 5.08. The molecule has 1 aromatic carbocycles. The lowest BCUT2D eigenvalue weighted by atomic mass is 10.3. The maximum Gasteiger partial charge on any atom is 0.355 e. The van der Waals surface area contributed by atoms with Crippen LogP contribution in [0, 0.1) is 6.92 Å². The predicted octanol–water partition coefficient (Wildman–Crippen LogP) is 3.35. The zero-order valence-corrected chi connectivity index (χ0v) is 10.9. The van der Waals surface area contributed by atoms with Crippen LogP contribution in [0.4, 0.5) is 0 Å². The molecule has 0 aliphatic rings. The molecule has 0 N–H and O–H groups in total. The summed E-state index contributed by atoms with van der Waals surface area (Å²) >= 11 is 0. The van der Waals surface area contributed by atoms with Crippen molar-refractivity contribution in [1.82, 2.24) is 4.57 Å². The average molecular weight is 243 g/mol. The van der Waals surface area contributed by atoms with Gasteiger partial charge in [-0.2, -0.15) is 0 Å². The van der Waals surface area contributed by atoms with Crippen LogP contribution < -0.4 is 0 Å². The normalized spacial score (nSPS) is 10.7. The summed E-state index contributed by atoms with van der Waals surface area (Å²) in [6, 6.07) is 13.5. The summed E-state index contributed by atoms with van der Waals surface area (Å²) in [5, 5.41) is 0. The van der Waals surface area contributed by atoms with Gasteiger partial charge in [0.05, 0.1) is 6.10 Å². The predicted molar refractivity (Wildman–Crippen MR) is 71.1 cm³/mol. The van der Waals surface area contributed by atoms with Crippen molar-refractivity contribution < 1.29 is 9.53 Å². The molecule has 3 nitrogen and oxygen atoms in total. The highest BCUT2D eigenvalue weighted by Gasteiger charge is 2.16. The molecule has 0 saturated carbocycles. The highest BCUT2D eigenvalue weighted by molar-refractivity contribution is 5.89. The lowest BCUT2D eigenvalue weighted by Gasteiger charge is -2.12. The van der Waals surface area contributed by atoms with E-state index in [1.165, 1.54) is 0 Å². The zero-order chi connectivity index (χ0) is 13.1. The van der Waals surface area contributed by atoms with E-state index in [-0.39, 0.29) is 12.1 Å². The van der Waals surface area contributed by atoms with Crippen LogP contribution in [0.25, 0.3) is 5.69 Å². The fraction of sp³-hybridized carbons (Fsp3) is 0.267. The summed E-state index contributed by atoms with van der Waals surface area (Å²) in [5.41, 5.74) is 2.54. The number of rotatable bonds is 3. The van der Waals surface area contributed by atoms with Crippen molar-refractivity contribution in [2.45, 2.75) is 26.9 Å². The number of hydrogen-bond acceptors (Lipinski definition) is 2. The summed E-state index contributed by atoms with van der Waals surface area (Å²) < 4.78 is 7.16. The van der Waals surface area contributed by atoms with Crippen molar-refractivity contribution >= 4 is 5.97 Å². The van der Waals surface area contributed by atoms with Crippen LogP contribution in [0.2, 0.25) is 0 Å². The van der Waals surface area contributed by atoms with E-state index < -0.39 is 0 Å². The highest BCUT2D eigenvalue weighted by Crippen LogP contribution is 2.17. The molecule has 0 spiro atoms. The Bertz CT molecular complexity index is 541. The Balaban J connectivity index is 2.42. The molecule has 0 radical (unpaired) electrons. The summed E-state index contributed by atoms with van der Waals surface area (Å²) in [4.78, 5) is 12.0. The van der Waals surface area contributed by atoms with Crippen molar-refractivity contribution in [1.29, 1.82) is 0 Å². The SMILES string of the molecule is Cc1ccc(C(=O)OC(C)C)n1-c1ccccc1. The Kier molecular flexibility index (Phi) is 3.51. The molecule has 0 saturated heterocycles. The number of ether oxygens (including phenoxy) is 1. The third-order valence-electron chi connectivity index (χ3n) is 2.64. The molecule has 3 heteroatoms. The van der Waals surface area contributed by atoms with E-state index in [9.17, 15) is 4.79 Å². The second-order valence-corrected chi connectivity index (χ2v) is 4.48. The molecule has 0 amide bonds. The molecule has 1 aromatic heterocycles. The minimum Gasteiger partial charge on any atom is -0.458 e. The molecule has 0 fully saturated rings. The molecule has 0 atom stereocenters. The van der Waals surface area contributed by atoms with Crippen molar-refractivity contribution in [2.24, 2.45) is 0 Å². The maximum absolute atomic E-state index is 12.0. The molecule has 0 bridgehead atoms. The van der Waals surface area contributed by atoms with Crippen molar-refractivity contribution in [3.05, 3.63) is 53.9 Å². The Morgan fingerprint density at radius 1 is 1.11 bits per heavy atom. The lowest BCUT2D eigenvalue weighted by Crippen LogP contribution is -2.15. The molecule has 18 heavy (non-hydrogen) atoms. The summed E-state index contributed by atoms with van der Waals surface area (Å²) in [7, 11) is 0. The number of benzene rings is 1. The van der Waals surface area contributed by atoms with Crippen LogP contribution in [0.15, 0.2) is 42.5 Å². The van der Waals surface area contributed by atoms with Gasteiger partial charge in [0.2, 0.25) is 0 Å². The van der Waals surface area contributed by atoms with Crippen LogP contribution in [0.1, 0.15) is 30.0 Å². The van der Waals surface area contributed by atoms with Gasteiger partial charge in [-0.1, -0.05) is 18.2 Å². The Labute approximate surface area is 107 Å². The van der Waals surface area contributed by atoms with Crippen LogP contribution in [-0.2, 0) is 4.74 Å². The van der Waals surface area contributed by atoms with Gasteiger partial charge in [-0.15, -0.1) is 0 Å². The Hall–Kier alpha value is -2.03. The molecule has 0 unspecified atom stereocenters. The number of carbonyl (C=O) groups excluding carboxylic acids is 1. The maximum atomic E-state index is 12.0. The lowest BCUT2D eigenvalue weighted by molar-refractivity contribution is 0.0368. The third-order valence-corrected chi connectivity index (χ3v) is 2.64. The quantitative estimate of drug-likeness (QED) is 0.774. The number of hydrogen-bond donors (Lipinski definition) is 0. The first-order chi connectivity index (χ1) is 8.59. The van der Waals surface area contributed by atoms with Crippen molar-refractivity contribution in [2.75, 3.05) is 0 Å². The third kappa shape index (κ3) is 2.45. The molecule has 1 heterocycles. The number of aromatic nitrogens is 1. The van der Waals surface area contributed by atoms with E-state index in [0.29, 0.717) is 5.69 Å². The molecule has 2 rings (SSSR count). The second-order valence-electron chi connectivity index (χ2n) is 4.48. The molecule has 94 valence electrons. The van der Waals surface area contributed by atoms with Gasteiger partial charge in [0, 0.05) is 11.4 Å². The number of nitrogens with zero attached hydrogens (tertiary/aromatic N) is 1. The van der Waals surface area contributed by atoms with Crippen LogP contribution >= 0.6 is 0 Å². The largest absolute Gasteiger partial charge is 0.458 e. The van der Waals surface area contributed by atoms with Gasteiger partial charge < -0.3 is 9.30 Å². The topological polar surface area (TPSA) is 31.2 Å². The monoisotopic (exact) mass is 243 g/mol. The standard InChI is InChI=1S/C15H17NO2/c1-11(2)18-15(17)14-10-9-12(3)16(14)13-7-5-4-6-8-13/h4-11H,1-3H3. The summed E-state index contributed by atoms with van der Waals surface area (Å²) in [5.74, 6) is -0.290. The van der Waals surface area contributed by atoms with Gasteiger partial charge in [0.25, 0.3) is 0 Å². The van der Waals surface area contributed by atoms with Gasteiger partial charge in [-0.25, -0.2) is 4.79 Å². The molecular formula is C15H17NO2. The summed E-state index contributed by atoms with van der Waals surface area (Å²) in [6.45, 7) is 5.67.